The first-order valence-electron chi connectivity index (χ1n) is 7.96. The number of carbonyl (C=O) groups is 1. The van der Waals surface area contributed by atoms with Crippen molar-refractivity contribution in [3.05, 3.63) is 54.1 Å². The van der Waals surface area contributed by atoms with Gasteiger partial charge < -0.3 is 9.47 Å². The van der Waals surface area contributed by atoms with Gasteiger partial charge in [-0.05, 0) is 62.6 Å². The summed E-state index contributed by atoms with van der Waals surface area (Å²) in [6.45, 7) is 8.40. The van der Waals surface area contributed by atoms with Crippen LogP contribution < -0.4 is 4.74 Å². The first-order valence-corrected chi connectivity index (χ1v) is 7.96. The summed E-state index contributed by atoms with van der Waals surface area (Å²) in [7, 11) is 0. The van der Waals surface area contributed by atoms with E-state index >= 15 is 0 Å². The van der Waals surface area contributed by atoms with Gasteiger partial charge in [0.2, 0.25) is 0 Å². The van der Waals surface area contributed by atoms with Crippen LogP contribution in [0.15, 0.2) is 48.5 Å². The van der Waals surface area contributed by atoms with Gasteiger partial charge in [0.1, 0.15) is 11.4 Å². The quantitative estimate of drug-likeness (QED) is 0.721. The Bertz CT molecular complexity index is 634. The third kappa shape index (κ3) is 5.13. The molecular weight excluding hydrogens is 288 g/mol. The molecule has 0 amide bonds. The maximum atomic E-state index is 12.0. The summed E-state index contributed by atoms with van der Waals surface area (Å²) in [4.78, 5) is 12.0. The van der Waals surface area contributed by atoms with Gasteiger partial charge in [-0.3, -0.25) is 0 Å². The summed E-state index contributed by atoms with van der Waals surface area (Å²) in [5.74, 6) is 0.577. The highest BCUT2D eigenvalue weighted by Gasteiger charge is 2.17. The van der Waals surface area contributed by atoms with Gasteiger partial charge >= 0.3 is 5.97 Å². The zero-order chi connectivity index (χ0) is 16.9. The van der Waals surface area contributed by atoms with E-state index in [0.29, 0.717) is 5.56 Å². The van der Waals surface area contributed by atoms with Gasteiger partial charge in [-0.25, -0.2) is 4.79 Å². The molecule has 3 nitrogen and oxygen atoms in total. The molecule has 3 heteroatoms. The molecule has 0 aliphatic rings. The molecule has 2 aromatic carbocycles. The standard InChI is InChI=1S/C20H24O3/c1-5-14-22-18-12-10-16(11-13-18)15-6-8-17(9-7-15)19(21)23-20(2,3)4/h6-13H,5,14H2,1-4H3. The number of benzene rings is 2. The topological polar surface area (TPSA) is 35.5 Å². The molecule has 0 bridgehead atoms. The third-order valence-corrected chi connectivity index (χ3v) is 3.18. The highest BCUT2D eigenvalue weighted by molar-refractivity contribution is 5.90. The van der Waals surface area contributed by atoms with Crippen LogP contribution in [-0.2, 0) is 4.74 Å². The molecular formula is C20H24O3. The number of hydrogen-bond donors (Lipinski definition) is 0. The van der Waals surface area contributed by atoms with E-state index in [9.17, 15) is 4.79 Å². The van der Waals surface area contributed by atoms with Crippen molar-refractivity contribution in [1.82, 2.24) is 0 Å². The van der Waals surface area contributed by atoms with E-state index in [1.807, 2.05) is 57.2 Å². The molecule has 0 aliphatic heterocycles. The molecule has 0 N–H and O–H groups in total. The third-order valence-electron chi connectivity index (χ3n) is 3.18. The lowest BCUT2D eigenvalue weighted by molar-refractivity contribution is 0.00696. The Labute approximate surface area is 138 Å². The Hall–Kier alpha value is -2.29. The van der Waals surface area contributed by atoms with Gasteiger partial charge in [0.05, 0.1) is 12.2 Å². The zero-order valence-electron chi connectivity index (χ0n) is 14.3. The first-order chi connectivity index (χ1) is 10.9. The van der Waals surface area contributed by atoms with Crippen molar-refractivity contribution >= 4 is 5.97 Å². The van der Waals surface area contributed by atoms with E-state index in [-0.39, 0.29) is 5.97 Å². The molecule has 0 aliphatic carbocycles. The zero-order valence-corrected chi connectivity index (χ0v) is 14.3. The van der Waals surface area contributed by atoms with Crippen molar-refractivity contribution in [3.63, 3.8) is 0 Å². The Kier molecular flexibility index (Phi) is 5.43. The molecule has 122 valence electrons. The maximum absolute atomic E-state index is 12.0. The summed E-state index contributed by atoms with van der Waals surface area (Å²) in [6, 6.07) is 15.4. The molecule has 0 fully saturated rings. The monoisotopic (exact) mass is 312 g/mol. The Balaban J connectivity index is 2.08. The van der Waals surface area contributed by atoms with Gasteiger partial charge in [-0.1, -0.05) is 31.2 Å². The highest BCUT2D eigenvalue weighted by atomic mass is 16.6. The van der Waals surface area contributed by atoms with Gasteiger partial charge in [-0.15, -0.1) is 0 Å². The molecule has 2 aromatic rings. The van der Waals surface area contributed by atoms with Crippen molar-refractivity contribution < 1.29 is 14.3 Å². The minimum Gasteiger partial charge on any atom is -0.494 e. The molecule has 2 rings (SSSR count). The Morgan fingerprint density at radius 1 is 0.913 bits per heavy atom. The van der Waals surface area contributed by atoms with E-state index in [0.717, 1.165) is 29.9 Å². The predicted molar refractivity (Wildman–Crippen MR) is 92.8 cm³/mol. The minimum absolute atomic E-state index is 0.299. The largest absolute Gasteiger partial charge is 0.494 e. The lowest BCUT2D eigenvalue weighted by Crippen LogP contribution is -2.23. The summed E-state index contributed by atoms with van der Waals surface area (Å²) in [6.07, 6.45) is 0.994. The molecule has 0 aromatic heterocycles. The number of esters is 1. The van der Waals surface area contributed by atoms with Crippen molar-refractivity contribution in [1.29, 1.82) is 0 Å². The van der Waals surface area contributed by atoms with Crippen LogP contribution in [0.2, 0.25) is 0 Å². The number of ether oxygens (including phenoxy) is 2. The molecule has 0 radical (unpaired) electrons. The van der Waals surface area contributed by atoms with E-state index < -0.39 is 5.60 Å². The van der Waals surface area contributed by atoms with E-state index in [2.05, 4.69) is 6.92 Å². The van der Waals surface area contributed by atoms with E-state index in [1.54, 1.807) is 12.1 Å². The minimum atomic E-state index is -0.482. The van der Waals surface area contributed by atoms with Gasteiger partial charge in [-0.2, -0.15) is 0 Å². The summed E-state index contributed by atoms with van der Waals surface area (Å²) in [5, 5.41) is 0. The average Bonchev–Trinajstić information content (AvgIpc) is 2.52. The van der Waals surface area contributed by atoms with Crippen LogP contribution in [0.1, 0.15) is 44.5 Å². The lowest BCUT2D eigenvalue weighted by Gasteiger charge is -2.19. The molecule has 0 spiro atoms. The van der Waals surface area contributed by atoms with Crippen LogP contribution in [0.3, 0.4) is 0 Å². The van der Waals surface area contributed by atoms with Crippen molar-refractivity contribution in [3.8, 4) is 16.9 Å². The fourth-order valence-electron chi connectivity index (χ4n) is 2.10. The number of carbonyl (C=O) groups excluding carboxylic acids is 1. The molecule has 0 unspecified atom stereocenters. The Morgan fingerprint density at radius 2 is 1.43 bits per heavy atom. The second-order valence-electron chi connectivity index (χ2n) is 6.45. The molecule has 23 heavy (non-hydrogen) atoms. The van der Waals surface area contributed by atoms with Gasteiger partial charge in [0.25, 0.3) is 0 Å². The number of hydrogen-bond acceptors (Lipinski definition) is 3. The molecule has 0 saturated heterocycles. The summed E-state index contributed by atoms with van der Waals surface area (Å²) in [5.41, 5.74) is 2.22. The van der Waals surface area contributed by atoms with Crippen LogP contribution in [-0.4, -0.2) is 18.2 Å². The van der Waals surface area contributed by atoms with Crippen molar-refractivity contribution in [2.45, 2.75) is 39.7 Å². The average molecular weight is 312 g/mol. The predicted octanol–water partition coefficient (Wildman–Crippen LogP) is 5.10. The molecule has 0 heterocycles. The van der Waals surface area contributed by atoms with Gasteiger partial charge in [0, 0.05) is 0 Å². The van der Waals surface area contributed by atoms with Crippen molar-refractivity contribution in [2.75, 3.05) is 6.61 Å². The van der Waals surface area contributed by atoms with Crippen molar-refractivity contribution in [2.24, 2.45) is 0 Å². The SMILES string of the molecule is CCCOc1ccc(-c2ccc(C(=O)OC(C)(C)C)cc2)cc1. The van der Waals surface area contributed by atoms with Crippen LogP contribution in [0.5, 0.6) is 5.75 Å². The highest BCUT2D eigenvalue weighted by Crippen LogP contribution is 2.23. The second-order valence-corrected chi connectivity index (χ2v) is 6.45. The smallest absolute Gasteiger partial charge is 0.338 e. The molecule has 0 atom stereocenters. The summed E-state index contributed by atoms with van der Waals surface area (Å²) < 4.78 is 10.9. The summed E-state index contributed by atoms with van der Waals surface area (Å²) >= 11 is 0. The second kappa shape index (κ2) is 7.32. The van der Waals surface area contributed by atoms with Crippen LogP contribution in [0.25, 0.3) is 11.1 Å². The first kappa shape index (κ1) is 17.1. The molecule has 0 saturated carbocycles. The van der Waals surface area contributed by atoms with E-state index in [4.69, 9.17) is 9.47 Å². The maximum Gasteiger partial charge on any atom is 0.338 e. The number of rotatable bonds is 5. The fourth-order valence-corrected chi connectivity index (χ4v) is 2.10. The van der Waals surface area contributed by atoms with Crippen LogP contribution in [0.4, 0.5) is 0 Å². The fraction of sp³-hybridized carbons (Fsp3) is 0.350. The normalized spacial score (nSPS) is 11.1. The van der Waals surface area contributed by atoms with Gasteiger partial charge in [0.15, 0.2) is 0 Å². The van der Waals surface area contributed by atoms with Crippen LogP contribution in [0, 0.1) is 0 Å². The van der Waals surface area contributed by atoms with E-state index in [1.165, 1.54) is 0 Å². The van der Waals surface area contributed by atoms with Crippen LogP contribution >= 0.6 is 0 Å². The Morgan fingerprint density at radius 3 is 1.91 bits per heavy atom. The lowest BCUT2D eigenvalue weighted by atomic mass is 10.0.